The number of hydrogen-bond acceptors (Lipinski definition) is 6. The number of likely N-dealkylation sites (tertiary alicyclic amines) is 1. The molecule has 1 saturated heterocycles. The first-order valence-corrected chi connectivity index (χ1v) is 13.4. The summed E-state index contributed by atoms with van der Waals surface area (Å²) in [6.45, 7) is 6.75. The van der Waals surface area contributed by atoms with E-state index in [1.807, 2.05) is 45.2 Å². The second-order valence-electron chi connectivity index (χ2n) is 11.6. The lowest BCUT2D eigenvalue weighted by molar-refractivity contribution is -0.117. The number of aromatic nitrogens is 2. The molecule has 1 saturated carbocycles. The summed E-state index contributed by atoms with van der Waals surface area (Å²) in [5.74, 6) is -0.191. The molecule has 1 aromatic carbocycles. The van der Waals surface area contributed by atoms with Gasteiger partial charge in [-0.3, -0.25) is 14.6 Å². The molecule has 10 heteroatoms. The molecule has 10 nitrogen and oxygen atoms in total. The largest absolute Gasteiger partial charge is 0.444 e. The topological polar surface area (TPSA) is 129 Å². The van der Waals surface area contributed by atoms with Crippen molar-refractivity contribution < 1.29 is 19.1 Å². The molecule has 4 heterocycles. The van der Waals surface area contributed by atoms with Crippen molar-refractivity contribution >= 4 is 40.7 Å². The number of carbonyl (C=O) groups is 3. The Morgan fingerprint density at radius 1 is 1.18 bits per heavy atom. The van der Waals surface area contributed by atoms with Gasteiger partial charge < -0.3 is 19.9 Å². The quantitative estimate of drug-likeness (QED) is 0.459. The van der Waals surface area contributed by atoms with Crippen LogP contribution in [0.5, 0.6) is 0 Å². The fourth-order valence-corrected chi connectivity index (χ4v) is 5.66. The van der Waals surface area contributed by atoms with E-state index >= 15 is 0 Å². The van der Waals surface area contributed by atoms with Gasteiger partial charge in [0.05, 0.1) is 11.8 Å². The van der Waals surface area contributed by atoms with Crippen molar-refractivity contribution in [3.8, 4) is 0 Å². The van der Waals surface area contributed by atoms with E-state index < -0.39 is 5.60 Å². The van der Waals surface area contributed by atoms with Crippen molar-refractivity contribution in [1.82, 2.24) is 20.3 Å². The van der Waals surface area contributed by atoms with Gasteiger partial charge in [0.25, 0.3) is 5.91 Å². The second kappa shape index (κ2) is 9.52. The van der Waals surface area contributed by atoms with Gasteiger partial charge in [-0.05, 0) is 69.7 Å². The number of nitrogens with one attached hydrogen (secondary N) is 3. The highest BCUT2D eigenvalue weighted by Crippen LogP contribution is 2.48. The smallest absolute Gasteiger partial charge is 0.410 e. The number of pyridine rings is 1. The molecule has 3 amide bonds. The molecule has 3 aromatic rings. The zero-order valence-electron chi connectivity index (χ0n) is 22.3. The summed E-state index contributed by atoms with van der Waals surface area (Å²) in [4.78, 5) is 47.9. The van der Waals surface area contributed by atoms with Crippen molar-refractivity contribution in [1.29, 1.82) is 0 Å². The number of rotatable bonds is 4. The fourth-order valence-electron chi connectivity index (χ4n) is 5.66. The van der Waals surface area contributed by atoms with E-state index in [9.17, 15) is 14.4 Å². The maximum atomic E-state index is 13.0. The number of nitrogens with zero attached hydrogens (tertiary/aromatic N) is 3. The number of piperidine rings is 1. The third-order valence-electron chi connectivity index (χ3n) is 7.63. The van der Waals surface area contributed by atoms with Crippen LogP contribution in [0.25, 0.3) is 10.9 Å². The van der Waals surface area contributed by atoms with Gasteiger partial charge in [-0.1, -0.05) is 6.07 Å². The fraction of sp³-hybridized carbons (Fsp3) is 0.414. The van der Waals surface area contributed by atoms with Crippen LogP contribution in [0.2, 0.25) is 0 Å². The van der Waals surface area contributed by atoms with E-state index in [0.717, 1.165) is 47.0 Å². The van der Waals surface area contributed by atoms with Gasteiger partial charge in [0.2, 0.25) is 5.91 Å². The predicted molar refractivity (Wildman–Crippen MR) is 147 cm³/mol. The number of ether oxygens (including phenoxy) is 1. The molecule has 39 heavy (non-hydrogen) atoms. The van der Waals surface area contributed by atoms with Crippen LogP contribution < -0.4 is 10.7 Å². The molecular weight excluding hydrogens is 496 g/mol. The summed E-state index contributed by atoms with van der Waals surface area (Å²) in [5.41, 5.74) is 6.76. The summed E-state index contributed by atoms with van der Waals surface area (Å²) in [6.07, 6.45) is 7.21. The van der Waals surface area contributed by atoms with Gasteiger partial charge in [-0.2, -0.15) is 5.10 Å². The molecule has 0 bridgehead atoms. The van der Waals surface area contributed by atoms with Crippen LogP contribution in [-0.4, -0.2) is 57.7 Å². The number of H-pyrrole nitrogens is 1. The third kappa shape index (κ3) is 4.98. The first kappa shape index (κ1) is 25.1. The number of anilines is 1. The standard InChI is InChI=1S/C29H32N6O4/c1-29(2,3)39-28(38)35-9-6-16(7-10-35)25-22-15-31-34-27(37)21-11-18(12-23(33-25)24(21)22)32-26(36)20-13-19(20)17-5-4-8-30-14-17/h4-5,8,11-12,14-16,19-20,33H,6-7,9-10,13H2,1-3H3,(H,32,36)(H,34,37). The molecule has 2 aliphatic heterocycles. The van der Waals surface area contributed by atoms with E-state index in [4.69, 9.17) is 4.74 Å². The molecule has 202 valence electrons. The van der Waals surface area contributed by atoms with Crippen LogP contribution in [0.3, 0.4) is 0 Å². The number of carbonyl (C=O) groups excluding carboxylic acids is 3. The van der Waals surface area contributed by atoms with Crippen LogP contribution >= 0.6 is 0 Å². The maximum absolute atomic E-state index is 13.0. The summed E-state index contributed by atoms with van der Waals surface area (Å²) in [6, 6.07) is 7.48. The molecule has 3 aliphatic rings. The average Bonchev–Trinajstić information content (AvgIpc) is 3.66. The van der Waals surface area contributed by atoms with E-state index in [1.54, 1.807) is 23.4 Å². The van der Waals surface area contributed by atoms with Gasteiger partial charge in [0.1, 0.15) is 5.60 Å². The van der Waals surface area contributed by atoms with Gasteiger partial charge in [0.15, 0.2) is 0 Å². The van der Waals surface area contributed by atoms with Crippen molar-refractivity contribution in [3.63, 3.8) is 0 Å². The van der Waals surface area contributed by atoms with Crippen molar-refractivity contribution in [2.24, 2.45) is 11.0 Å². The molecule has 2 aromatic heterocycles. The molecule has 3 N–H and O–H groups in total. The minimum absolute atomic E-state index is 0.0674. The van der Waals surface area contributed by atoms with Gasteiger partial charge in [-0.25, -0.2) is 10.2 Å². The number of hydrazone groups is 1. The Morgan fingerprint density at radius 3 is 2.69 bits per heavy atom. The van der Waals surface area contributed by atoms with Crippen LogP contribution in [0.1, 0.15) is 79.0 Å². The highest BCUT2D eigenvalue weighted by atomic mass is 16.6. The second-order valence-corrected chi connectivity index (χ2v) is 11.6. The van der Waals surface area contributed by atoms with Crippen molar-refractivity contribution in [2.45, 2.75) is 57.5 Å². The Balaban J connectivity index is 1.23. The van der Waals surface area contributed by atoms with Gasteiger partial charge >= 0.3 is 6.09 Å². The molecule has 6 rings (SSSR count). The first-order chi connectivity index (χ1) is 18.7. The van der Waals surface area contributed by atoms with Crippen LogP contribution in [-0.2, 0) is 9.53 Å². The number of amides is 3. The summed E-state index contributed by atoms with van der Waals surface area (Å²) >= 11 is 0. The van der Waals surface area contributed by atoms with E-state index in [-0.39, 0.29) is 35.7 Å². The van der Waals surface area contributed by atoms with Gasteiger partial charge in [0, 0.05) is 65.2 Å². The zero-order chi connectivity index (χ0) is 27.3. The van der Waals surface area contributed by atoms with Crippen molar-refractivity contribution in [2.75, 3.05) is 18.4 Å². The molecular formula is C29H32N6O4. The monoisotopic (exact) mass is 528 g/mol. The van der Waals surface area contributed by atoms with Crippen molar-refractivity contribution in [3.05, 3.63) is 59.0 Å². The molecule has 0 radical (unpaired) electrons. The molecule has 2 atom stereocenters. The normalized spacial score (nSPS) is 20.9. The number of benzene rings is 1. The van der Waals surface area contributed by atoms with Crippen LogP contribution in [0.15, 0.2) is 41.8 Å². The minimum Gasteiger partial charge on any atom is -0.444 e. The first-order valence-electron chi connectivity index (χ1n) is 13.4. The summed E-state index contributed by atoms with van der Waals surface area (Å²) < 4.78 is 5.54. The molecule has 2 unspecified atom stereocenters. The van der Waals surface area contributed by atoms with E-state index in [2.05, 4.69) is 25.8 Å². The lowest BCUT2D eigenvalue weighted by Crippen LogP contribution is -2.41. The van der Waals surface area contributed by atoms with Crippen LogP contribution in [0, 0.1) is 5.92 Å². The highest BCUT2D eigenvalue weighted by Gasteiger charge is 2.44. The Bertz CT molecular complexity index is 1480. The zero-order valence-corrected chi connectivity index (χ0v) is 22.3. The summed E-state index contributed by atoms with van der Waals surface area (Å²) in [7, 11) is 0. The SMILES string of the molecule is CC(C)(C)OC(=O)N1CCC(c2[nH]c3cc(NC(=O)C4CC4c4cccnc4)cc4c3c2C=NNC4=O)CC1. The molecule has 1 aliphatic carbocycles. The van der Waals surface area contributed by atoms with E-state index in [0.29, 0.717) is 24.3 Å². The van der Waals surface area contributed by atoms with Gasteiger partial charge in [-0.15, -0.1) is 0 Å². The Hall–Kier alpha value is -4.21. The van der Waals surface area contributed by atoms with E-state index in [1.165, 1.54) is 0 Å². The number of aromatic amines is 1. The predicted octanol–water partition coefficient (Wildman–Crippen LogP) is 4.50. The Kier molecular flexibility index (Phi) is 6.12. The molecule has 2 fully saturated rings. The Labute approximate surface area is 226 Å². The lowest BCUT2D eigenvalue weighted by atomic mass is 9.90. The summed E-state index contributed by atoms with van der Waals surface area (Å²) in [5, 5.41) is 7.96. The lowest BCUT2D eigenvalue weighted by Gasteiger charge is -2.33. The number of hydrogen-bond donors (Lipinski definition) is 3. The maximum Gasteiger partial charge on any atom is 0.410 e. The minimum atomic E-state index is -0.535. The highest BCUT2D eigenvalue weighted by molar-refractivity contribution is 6.16. The Morgan fingerprint density at radius 2 is 1.97 bits per heavy atom. The molecule has 0 spiro atoms. The van der Waals surface area contributed by atoms with Crippen LogP contribution in [0.4, 0.5) is 10.5 Å². The average molecular weight is 529 g/mol. The third-order valence-corrected chi connectivity index (χ3v) is 7.63.